The van der Waals surface area contributed by atoms with Gasteiger partial charge < -0.3 is 11.1 Å². The number of aromatic nitrogens is 3. The van der Waals surface area contributed by atoms with Crippen LogP contribution in [0.2, 0.25) is 0 Å². The van der Waals surface area contributed by atoms with E-state index in [2.05, 4.69) is 20.5 Å². The number of hydrogen-bond acceptors (Lipinski definition) is 7. The number of nitrogens with zero attached hydrogens (tertiary/aromatic N) is 3. The molecule has 0 aliphatic carbocycles. The van der Waals surface area contributed by atoms with Gasteiger partial charge >= 0.3 is 0 Å². The molecule has 0 radical (unpaired) electrons. The number of pyridine rings is 1. The molecule has 0 amide bonds. The molecule has 0 fully saturated rings. The summed E-state index contributed by atoms with van der Waals surface area (Å²) in [6.45, 7) is 1.32. The summed E-state index contributed by atoms with van der Waals surface area (Å²) in [4.78, 5) is 4.22. The van der Waals surface area contributed by atoms with Crippen molar-refractivity contribution in [2.75, 3.05) is 17.6 Å². The highest BCUT2D eigenvalue weighted by molar-refractivity contribution is 8.01. The van der Waals surface area contributed by atoms with Gasteiger partial charge in [-0.3, -0.25) is 4.98 Å². The maximum atomic E-state index is 5.43. The molecule has 0 bridgehead atoms. The first-order valence-electron chi connectivity index (χ1n) is 5.18. The molecule has 3 N–H and O–H groups in total. The van der Waals surface area contributed by atoms with E-state index in [1.54, 1.807) is 18.0 Å². The molecule has 0 aromatic carbocycles. The molecule has 0 saturated carbocycles. The second-order valence-corrected chi connectivity index (χ2v) is 5.50. The topological polar surface area (TPSA) is 76.7 Å². The van der Waals surface area contributed by atoms with Crippen molar-refractivity contribution < 1.29 is 0 Å². The van der Waals surface area contributed by atoms with Crippen molar-refractivity contribution in [3.63, 3.8) is 0 Å². The fourth-order valence-corrected chi connectivity index (χ4v) is 2.74. The first kappa shape index (κ1) is 12.3. The van der Waals surface area contributed by atoms with Crippen molar-refractivity contribution in [1.29, 1.82) is 0 Å². The minimum absolute atomic E-state index is 0.654. The molecule has 90 valence electrons. The summed E-state index contributed by atoms with van der Waals surface area (Å²) >= 11 is 3.17. The summed E-state index contributed by atoms with van der Waals surface area (Å²) in [5.41, 5.74) is 6.41. The van der Waals surface area contributed by atoms with Crippen LogP contribution in [0.25, 0.3) is 0 Å². The van der Waals surface area contributed by atoms with E-state index in [1.807, 2.05) is 18.2 Å². The Labute approximate surface area is 108 Å². The maximum absolute atomic E-state index is 5.43. The summed E-state index contributed by atoms with van der Waals surface area (Å²) in [6.07, 6.45) is 1.78. The van der Waals surface area contributed by atoms with Gasteiger partial charge in [-0.2, -0.15) is 0 Å². The third kappa shape index (κ3) is 3.95. The highest BCUT2D eigenvalue weighted by atomic mass is 32.2. The van der Waals surface area contributed by atoms with E-state index >= 15 is 0 Å². The monoisotopic (exact) mass is 267 g/mol. The average Bonchev–Trinajstić information content (AvgIpc) is 2.83. The Hall–Kier alpha value is -1.18. The minimum atomic E-state index is 0.654. The van der Waals surface area contributed by atoms with Crippen molar-refractivity contribution in [2.45, 2.75) is 10.9 Å². The van der Waals surface area contributed by atoms with Crippen LogP contribution in [0.15, 0.2) is 28.7 Å². The van der Waals surface area contributed by atoms with Crippen molar-refractivity contribution in [3.05, 3.63) is 30.1 Å². The number of anilines is 1. The lowest BCUT2D eigenvalue weighted by atomic mass is 10.3. The molecule has 0 unspecified atom stereocenters. The van der Waals surface area contributed by atoms with Crippen molar-refractivity contribution in [3.8, 4) is 0 Å². The normalized spacial score (nSPS) is 10.4. The van der Waals surface area contributed by atoms with Gasteiger partial charge in [-0.1, -0.05) is 29.2 Å². The molecule has 2 aromatic rings. The van der Waals surface area contributed by atoms with E-state index in [4.69, 9.17) is 5.73 Å². The Morgan fingerprint density at radius 2 is 2.29 bits per heavy atom. The van der Waals surface area contributed by atoms with E-state index < -0.39 is 0 Å². The third-order valence-electron chi connectivity index (χ3n) is 1.90. The predicted molar refractivity (Wildman–Crippen MR) is 71.3 cm³/mol. The summed E-state index contributed by atoms with van der Waals surface area (Å²) in [6, 6.07) is 5.83. The van der Waals surface area contributed by atoms with E-state index in [0.717, 1.165) is 20.9 Å². The van der Waals surface area contributed by atoms with E-state index in [9.17, 15) is 0 Å². The number of nitrogens with two attached hydrogens (primary N) is 1. The zero-order valence-electron chi connectivity index (χ0n) is 9.17. The highest BCUT2D eigenvalue weighted by Gasteiger charge is 2.03. The van der Waals surface area contributed by atoms with Gasteiger partial charge in [-0.15, -0.1) is 10.2 Å². The van der Waals surface area contributed by atoms with Crippen molar-refractivity contribution >= 4 is 28.2 Å². The van der Waals surface area contributed by atoms with Crippen LogP contribution in [0.5, 0.6) is 0 Å². The molecule has 0 atom stereocenters. The number of thioether (sulfide) groups is 1. The lowest BCUT2D eigenvalue weighted by Crippen LogP contribution is -2.00. The van der Waals surface area contributed by atoms with Crippen molar-refractivity contribution in [1.82, 2.24) is 15.2 Å². The maximum Gasteiger partial charge on any atom is 0.206 e. The van der Waals surface area contributed by atoms with Crippen LogP contribution in [0.1, 0.15) is 5.69 Å². The second-order valence-electron chi connectivity index (χ2n) is 3.18. The molecule has 0 aliphatic rings. The molecule has 2 aromatic heterocycles. The Kier molecular flexibility index (Phi) is 4.72. The molecule has 17 heavy (non-hydrogen) atoms. The van der Waals surface area contributed by atoms with Crippen LogP contribution in [-0.2, 0) is 6.54 Å². The van der Waals surface area contributed by atoms with Gasteiger partial charge in [0, 0.05) is 18.5 Å². The number of hydrogen-bond donors (Lipinski definition) is 2. The average molecular weight is 267 g/mol. The quantitative estimate of drug-likeness (QED) is 0.774. The zero-order valence-corrected chi connectivity index (χ0v) is 10.8. The van der Waals surface area contributed by atoms with Crippen LogP contribution in [-0.4, -0.2) is 27.5 Å². The Morgan fingerprint density at radius 3 is 3.06 bits per heavy atom. The second kappa shape index (κ2) is 6.53. The summed E-state index contributed by atoms with van der Waals surface area (Å²) < 4.78 is 0.943. The lowest BCUT2D eigenvalue weighted by molar-refractivity contribution is 0.980. The summed E-state index contributed by atoms with van der Waals surface area (Å²) in [5.74, 6) is 0.870. The van der Waals surface area contributed by atoms with Crippen LogP contribution in [0.4, 0.5) is 5.13 Å². The molecule has 2 heterocycles. The highest BCUT2D eigenvalue weighted by Crippen LogP contribution is 2.25. The van der Waals surface area contributed by atoms with Crippen LogP contribution < -0.4 is 11.1 Å². The summed E-state index contributed by atoms with van der Waals surface area (Å²) in [7, 11) is 0. The third-order valence-corrected chi connectivity index (χ3v) is 3.94. The molecule has 7 heteroatoms. The molecule has 0 spiro atoms. The Balaban J connectivity index is 1.85. The Bertz CT molecular complexity index is 445. The van der Waals surface area contributed by atoms with Crippen LogP contribution in [0, 0.1) is 0 Å². The molecular formula is C10H13N5S2. The Morgan fingerprint density at radius 1 is 1.35 bits per heavy atom. The van der Waals surface area contributed by atoms with E-state index in [-0.39, 0.29) is 0 Å². The van der Waals surface area contributed by atoms with E-state index in [1.165, 1.54) is 11.3 Å². The van der Waals surface area contributed by atoms with Gasteiger partial charge in [0.2, 0.25) is 5.13 Å². The van der Waals surface area contributed by atoms with Crippen LogP contribution in [0.3, 0.4) is 0 Å². The fraction of sp³-hybridized carbons (Fsp3) is 0.300. The van der Waals surface area contributed by atoms with Crippen LogP contribution >= 0.6 is 23.1 Å². The largest absolute Gasteiger partial charge is 0.354 e. The molecule has 2 rings (SSSR count). The van der Waals surface area contributed by atoms with Gasteiger partial charge in [-0.25, -0.2) is 0 Å². The summed E-state index contributed by atoms with van der Waals surface area (Å²) in [5, 5.41) is 12.1. The van der Waals surface area contributed by atoms with Gasteiger partial charge in [0.15, 0.2) is 4.34 Å². The van der Waals surface area contributed by atoms with Gasteiger partial charge in [0.05, 0.1) is 12.2 Å². The number of nitrogens with one attached hydrogen (secondary N) is 1. The first-order valence-corrected chi connectivity index (χ1v) is 6.99. The smallest absolute Gasteiger partial charge is 0.206 e. The molecule has 5 nitrogen and oxygen atoms in total. The molecule has 0 aliphatic heterocycles. The minimum Gasteiger partial charge on any atom is -0.354 e. The van der Waals surface area contributed by atoms with Crippen molar-refractivity contribution in [2.24, 2.45) is 5.73 Å². The van der Waals surface area contributed by atoms with Gasteiger partial charge in [0.1, 0.15) is 0 Å². The number of rotatable bonds is 6. The zero-order chi connectivity index (χ0) is 11.9. The first-order chi connectivity index (χ1) is 8.38. The lowest BCUT2D eigenvalue weighted by Gasteiger charge is -1.99. The van der Waals surface area contributed by atoms with Gasteiger partial charge in [0.25, 0.3) is 0 Å². The standard InChI is InChI=1S/C10H13N5S2/c11-4-6-16-10-15-14-9(17-10)13-7-8-3-1-2-5-12-8/h1-3,5H,4,6-7,11H2,(H,13,14). The molecule has 0 saturated heterocycles. The molecular weight excluding hydrogens is 254 g/mol. The fourth-order valence-electron chi connectivity index (χ4n) is 1.15. The predicted octanol–water partition coefficient (Wildman–Crippen LogP) is 1.60. The van der Waals surface area contributed by atoms with Gasteiger partial charge in [-0.05, 0) is 12.1 Å². The SMILES string of the molecule is NCCSc1nnc(NCc2ccccn2)s1. The van der Waals surface area contributed by atoms with E-state index in [0.29, 0.717) is 13.1 Å².